The number of anilines is 1. The summed E-state index contributed by atoms with van der Waals surface area (Å²) in [4.78, 5) is 27.1. The smallest absolute Gasteiger partial charge is 0.338 e. The highest BCUT2D eigenvalue weighted by Crippen LogP contribution is 2.51. The number of carboxylic acid groups (broad SMARTS) is 1. The third kappa shape index (κ3) is 13.5. The molecular weight excluding hydrogens is 1010 g/mol. The number of benzene rings is 3. The van der Waals surface area contributed by atoms with Gasteiger partial charge in [-0.2, -0.15) is 46.7 Å². The van der Waals surface area contributed by atoms with Crippen molar-refractivity contribution in [2.45, 2.75) is 75.5 Å². The zero-order chi connectivity index (χ0) is 51.7. The third-order valence-electron chi connectivity index (χ3n) is 11.9. The van der Waals surface area contributed by atoms with Crippen molar-refractivity contribution in [2.75, 3.05) is 47.6 Å². The van der Waals surface area contributed by atoms with E-state index in [2.05, 4.69) is 0 Å². The van der Waals surface area contributed by atoms with Crippen molar-refractivity contribution in [1.82, 2.24) is 0 Å². The number of ether oxygens (including phenoxy) is 1. The minimum atomic E-state index is -4.73. The van der Waals surface area contributed by atoms with Gasteiger partial charge in [-0.05, 0) is 92.3 Å². The van der Waals surface area contributed by atoms with Crippen LogP contribution in [0.5, 0.6) is 0 Å². The fraction of sp³-hybridized carbons (Fsp3) is 0.419. The first-order valence-electron chi connectivity index (χ1n) is 21.1. The molecule has 0 aromatic heterocycles. The number of allylic oxidation sites excluding steroid dienone is 6. The van der Waals surface area contributed by atoms with Gasteiger partial charge in [-0.25, -0.2) is 9.59 Å². The van der Waals surface area contributed by atoms with E-state index in [1.807, 2.05) is 0 Å². The van der Waals surface area contributed by atoms with Gasteiger partial charge < -0.3 is 14.7 Å². The first-order chi connectivity index (χ1) is 31.6. The number of rotatable bonds is 22. The Bertz CT molecular complexity index is 3280. The molecule has 0 saturated heterocycles. The molecule has 0 saturated carbocycles. The number of aryl methyl sites for hydroxylation is 1. The number of nitrogens with zero attached hydrogens (tertiary/aromatic N) is 2. The SMILES string of the molecule is Cc1cc(S(=O)(=O)O)cc2c3c(ccc12)[N+](CCCS(=O)(=O)O)=C(/C=C/C=C/C=C1/N(CCCS(=O)(=O)O)c2cc(C(=O)O)cc(C(=O)OCCCS(=O)(=O)O)c2C1(C)C)C3(C)CCCS(=O)(=O)O. The number of carboxylic acids is 1. The van der Waals surface area contributed by atoms with E-state index in [0.29, 0.717) is 39.0 Å². The molecule has 69 heavy (non-hydrogen) atoms. The maximum absolute atomic E-state index is 13.6. The molecule has 2 aliphatic heterocycles. The molecule has 21 nitrogen and oxygen atoms in total. The van der Waals surface area contributed by atoms with E-state index in [1.165, 1.54) is 18.2 Å². The maximum Gasteiger partial charge on any atom is 0.338 e. The summed E-state index contributed by atoms with van der Waals surface area (Å²) in [6.07, 6.45) is 7.36. The van der Waals surface area contributed by atoms with E-state index < -0.39 is 108 Å². The second-order valence-corrected chi connectivity index (χ2v) is 25.1. The molecule has 0 amide bonds. The Morgan fingerprint density at radius 1 is 0.710 bits per heavy atom. The highest BCUT2D eigenvalue weighted by atomic mass is 32.2. The van der Waals surface area contributed by atoms with Crippen LogP contribution < -0.4 is 4.90 Å². The lowest BCUT2D eigenvalue weighted by Gasteiger charge is -2.27. The standard InChI is InChI=1S/C43H52N2O19S5/c1-28-24-30(69(61,62)63)27-32-31(28)14-15-34-39(32)43(4,16-8-20-65(49,50)51)37(44(34)17-9-21-66(52,53)54)13-7-5-6-12-36-42(2,3)38-33(41(48)64-19-11-23-68(58,59)60)25-29(40(46)47)26-35(38)45(36)18-10-22-67(55,56)57/h5-7,12-15,24-27H,8-11,16-23H2,1-4H3,(H5-,46,47,49,50,51,52,53,54,55,56,57,58,59,60,61,62,63)/p+1. The average molecular weight is 1060 g/mol. The van der Waals surface area contributed by atoms with Crippen molar-refractivity contribution in [3.63, 3.8) is 0 Å². The van der Waals surface area contributed by atoms with Gasteiger partial charge in [0.05, 0.1) is 51.1 Å². The number of aromatic carboxylic acids is 1. The van der Waals surface area contributed by atoms with Crippen LogP contribution in [-0.2, 0) is 66.2 Å². The van der Waals surface area contributed by atoms with E-state index in [-0.39, 0.29) is 67.6 Å². The summed E-state index contributed by atoms with van der Waals surface area (Å²) >= 11 is 0. The van der Waals surface area contributed by atoms with Crippen LogP contribution in [0.4, 0.5) is 11.4 Å². The van der Waals surface area contributed by atoms with Gasteiger partial charge >= 0.3 is 11.9 Å². The second-order valence-electron chi connectivity index (χ2n) is 17.4. The van der Waals surface area contributed by atoms with Crippen molar-refractivity contribution in [3.05, 3.63) is 100 Å². The molecule has 26 heteroatoms. The van der Waals surface area contributed by atoms with Gasteiger partial charge in [0.1, 0.15) is 6.54 Å². The van der Waals surface area contributed by atoms with Crippen molar-refractivity contribution >= 4 is 90.4 Å². The van der Waals surface area contributed by atoms with E-state index in [4.69, 9.17) is 9.29 Å². The van der Waals surface area contributed by atoms with Crippen LogP contribution >= 0.6 is 0 Å². The normalized spacial score (nSPS) is 18.2. The lowest BCUT2D eigenvalue weighted by Crippen LogP contribution is -2.32. The van der Waals surface area contributed by atoms with E-state index in [1.54, 1.807) is 79.7 Å². The Morgan fingerprint density at radius 3 is 1.90 bits per heavy atom. The predicted molar refractivity (Wildman–Crippen MR) is 255 cm³/mol. The summed E-state index contributed by atoms with van der Waals surface area (Å²) in [6.45, 7) is 6.21. The molecule has 5 rings (SSSR count). The van der Waals surface area contributed by atoms with Gasteiger partial charge in [0.2, 0.25) is 5.69 Å². The van der Waals surface area contributed by atoms with E-state index in [0.717, 1.165) is 6.07 Å². The van der Waals surface area contributed by atoms with Gasteiger partial charge in [0, 0.05) is 53.0 Å². The molecule has 378 valence electrons. The van der Waals surface area contributed by atoms with Crippen molar-refractivity contribution < 1.29 is 88.9 Å². The molecule has 1 unspecified atom stereocenters. The van der Waals surface area contributed by atoms with Crippen molar-refractivity contribution in [3.8, 4) is 0 Å². The van der Waals surface area contributed by atoms with Crippen LogP contribution in [0.25, 0.3) is 10.8 Å². The first kappa shape index (κ1) is 55.0. The maximum atomic E-state index is 13.6. The van der Waals surface area contributed by atoms with Crippen LogP contribution in [0.15, 0.2) is 77.4 Å². The molecule has 0 aliphatic carbocycles. The highest BCUT2D eigenvalue weighted by Gasteiger charge is 2.49. The Labute approximate surface area is 400 Å². The number of fused-ring (bicyclic) bond motifs is 4. The molecular formula is C43H53N2O19S5+. The fourth-order valence-corrected chi connectivity index (χ4v) is 11.6. The van der Waals surface area contributed by atoms with Crippen molar-refractivity contribution in [2.24, 2.45) is 0 Å². The number of esters is 1. The van der Waals surface area contributed by atoms with Gasteiger partial charge in [0.15, 0.2) is 5.71 Å². The molecule has 2 heterocycles. The van der Waals surface area contributed by atoms with Crippen LogP contribution in [-0.4, -0.2) is 135 Å². The number of hydrogen-bond acceptors (Lipinski definition) is 14. The fourth-order valence-electron chi connectivity index (χ4n) is 9.03. The Balaban J connectivity index is 1.66. The van der Waals surface area contributed by atoms with Crippen LogP contribution in [0.3, 0.4) is 0 Å². The molecule has 0 fully saturated rings. The molecule has 0 bridgehead atoms. The van der Waals surface area contributed by atoms with Crippen LogP contribution in [0.1, 0.15) is 90.3 Å². The minimum Gasteiger partial charge on any atom is -0.478 e. The number of carbonyl (C=O) groups excluding carboxylic acids is 1. The quantitative estimate of drug-likeness (QED) is 0.0256. The van der Waals surface area contributed by atoms with Crippen LogP contribution in [0.2, 0.25) is 0 Å². The lowest BCUT2D eigenvalue weighted by atomic mass is 9.74. The summed E-state index contributed by atoms with van der Waals surface area (Å²) in [6, 6.07) is 8.38. The monoisotopic (exact) mass is 1060 g/mol. The molecule has 3 aromatic carbocycles. The largest absolute Gasteiger partial charge is 0.478 e. The molecule has 3 aromatic rings. The minimum absolute atomic E-state index is 0.0226. The third-order valence-corrected chi connectivity index (χ3v) is 15.9. The predicted octanol–water partition coefficient (Wildman–Crippen LogP) is 4.90. The summed E-state index contributed by atoms with van der Waals surface area (Å²) in [7, 11) is -22.4. The highest BCUT2D eigenvalue weighted by molar-refractivity contribution is 7.86. The second kappa shape index (κ2) is 20.4. The van der Waals surface area contributed by atoms with Crippen LogP contribution in [0, 0.1) is 6.92 Å². The summed E-state index contributed by atoms with van der Waals surface area (Å²) in [5.41, 5.74) is -0.0916. The summed E-state index contributed by atoms with van der Waals surface area (Å²) < 4.78 is 174. The summed E-state index contributed by atoms with van der Waals surface area (Å²) in [5, 5.41) is 11.0. The molecule has 6 N–H and O–H groups in total. The van der Waals surface area contributed by atoms with Crippen molar-refractivity contribution in [1.29, 1.82) is 0 Å². The zero-order valence-corrected chi connectivity index (χ0v) is 41.8. The number of carbonyl (C=O) groups is 2. The topological polar surface area (TPSA) is 342 Å². The average Bonchev–Trinajstić information content (AvgIpc) is 3.56. The number of hydrogen-bond donors (Lipinski definition) is 6. The van der Waals surface area contributed by atoms with Gasteiger partial charge in [0.25, 0.3) is 50.6 Å². The summed E-state index contributed by atoms with van der Waals surface area (Å²) in [5.74, 6) is -5.11. The molecule has 2 aliphatic rings. The van der Waals surface area contributed by atoms with E-state index in [9.17, 15) is 75.0 Å². The molecule has 1 atom stereocenters. The zero-order valence-electron chi connectivity index (χ0n) is 37.8. The van der Waals surface area contributed by atoms with E-state index >= 15 is 0 Å². The Morgan fingerprint density at radius 2 is 1.30 bits per heavy atom. The molecule has 0 spiro atoms. The Kier molecular flexibility index (Phi) is 16.3. The Hall–Kier alpha value is -4.90. The lowest BCUT2D eigenvalue weighted by molar-refractivity contribution is -0.437. The van der Waals surface area contributed by atoms with Gasteiger partial charge in [-0.3, -0.25) is 22.8 Å². The first-order valence-corrected chi connectivity index (χ1v) is 29.0. The molecule has 0 radical (unpaired) electrons. The van der Waals surface area contributed by atoms with Gasteiger partial charge in [-0.1, -0.05) is 32.1 Å². The van der Waals surface area contributed by atoms with Gasteiger partial charge in [-0.15, -0.1) is 0 Å².